The van der Waals surface area contributed by atoms with Crippen molar-refractivity contribution >= 4 is 17.4 Å². The van der Waals surface area contributed by atoms with Crippen LogP contribution in [0.5, 0.6) is 5.75 Å². The van der Waals surface area contributed by atoms with Crippen molar-refractivity contribution in [3.63, 3.8) is 0 Å². The number of morpholine rings is 1. The lowest BCUT2D eigenvalue weighted by Crippen LogP contribution is -2.43. The van der Waals surface area contributed by atoms with Gasteiger partial charge in [0.25, 0.3) is 5.91 Å². The highest BCUT2D eigenvalue weighted by molar-refractivity contribution is 5.97. The maximum atomic E-state index is 12.0. The van der Waals surface area contributed by atoms with Crippen LogP contribution in [0.15, 0.2) is 18.2 Å². The first-order valence-corrected chi connectivity index (χ1v) is 6.46. The Hall–Kier alpha value is -2.08. The van der Waals surface area contributed by atoms with E-state index < -0.39 is 0 Å². The van der Waals surface area contributed by atoms with E-state index in [1.807, 2.05) is 0 Å². The molecule has 0 aliphatic carbocycles. The summed E-state index contributed by atoms with van der Waals surface area (Å²) in [6, 6.07) is 4.80. The second-order valence-electron chi connectivity index (χ2n) is 4.59. The summed E-state index contributed by atoms with van der Waals surface area (Å²) in [7, 11) is 0. The fraction of sp³-hybridized carbons (Fsp3) is 0.429. The first-order valence-electron chi connectivity index (χ1n) is 6.46. The molecule has 0 radical (unpaired) electrons. The number of nitrogens with two attached hydrogens (primary N) is 1. The molecule has 0 saturated carbocycles. The Bertz CT molecular complexity index is 510. The van der Waals surface area contributed by atoms with Crippen LogP contribution in [0.1, 0.15) is 17.3 Å². The molecular weight excluding hydrogens is 260 g/mol. The quantitative estimate of drug-likeness (QED) is 0.648. The topological polar surface area (TPSA) is 81.9 Å². The summed E-state index contributed by atoms with van der Waals surface area (Å²) in [5.74, 6) is 0.124. The molecule has 1 aromatic carbocycles. The van der Waals surface area contributed by atoms with Crippen LogP contribution in [0.3, 0.4) is 0 Å². The standard InChI is InChI=1S/C14H18N2O4/c1-10(17)12-8-11(15)2-3-13(12)20-9-14(18)16-4-6-19-7-5-16/h2-3,8H,4-7,9,15H2,1H3. The predicted molar refractivity (Wildman–Crippen MR) is 73.8 cm³/mol. The molecule has 2 rings (SSSR count). The highest BCUT2D eigenvalue weighted by atomic mass is 16.5. The number of rotatable bonds is 4. The van der Waals surface area contributed by atoms with Gasteiger partial charge >= 0.3 is 0 Å². The number of carbonyl (C=O) groups is 2. The van der Waals surface area contributed by atoms with Crippen molar-refractivity contribution in [2.75, 3.05) is 38.6 Å². The van der Waals surface area contributed by atoms with Crippen LogP contribution in [0.2, 0.25) is 0 Å². The van der Waals surface area contributed by atoms with Crippen LogP contribution in [-0.4, -0.2) is 49.5 Å². The Kier molecular flexibility index (Phi) is 4.57. The van der Waals surface area contributed by atoms with Crippen molar-refractivity contribution in [2.45, 2.75) is 6.92 Å². The Balaban J connectivity index is 1.99. The Morgan fingerprint density at radius 1 is 1.35 bits per heavy atom. The van der Waals surface area contributed by atoms with Crippen LogP contribution in [-0.2, 0) is 9.53 Å². The molecule has 6 heteroatoms. The molecular formula is C14H18N2O4. The van der Waals surface area contributed by atoms with E-state index in [2.05, 4.69) is 0 Å². The minimum Gasteiger partial charge on any atom is -0.483 e. The summed E-state index contributed by atoms with van der Waals surface area (Å²) in [5.41, 5.74) is 6.52. The minimum atomic E-state index is -0.147. The van der Waals surface area contributed by atoms with E-state index in [9.17, 15) is 9.59 Å². The maximum absolute atomic E-state index is 12.0. The summed E-state index contributed by atoms with van der Waals surface area (Å²) >= 11 is 0. The lowest BCUT2D eigenvalue weighted by molar-refractivity contribution is -0.137. The number of nitrogens with zero attached hydrogens (tertiary/aromatic N) is 1. The van der Waals surface area contributed by atoms with Gasteiger partial charge in [-0.2, -0.15) is 0 Å². The molecule has 0 unspecified atom stereocenters. The molecule has 0 spiro atoms. The minimum absolute atomic E-state index is 0.0931. The summed E-state index contributed by atoms with van der Waals surface area (Å²) in [4.78, 5) is 25.2. The Morgan fingerprint density at radius 2 is 2.05 bits per heavy atom. The first kappa shape index (κ1) is 14.3. The van der Waals surface area contributed by atoms with E-state index in [-0.39, 0.29) is 18.3 Å². The van der Waals surface area contributed by atoms with Gasteiger partial charge in [-0.1, -0.05) is 0 Å². The number of Topliss-reactive ketones (excluding diaryl/α,β-unsaturated/α-hetero) is 1. The molecule has 0 aromatic heterocycles. The number of amides is 1. The van der Waals surface area contributed by atoms with Crippen molar-refractivity contribution in [1.82, 2.24) is 4.90 Å². The number of anilines is 1. The van der Waals surface area contributed by atoms with Gasteiger partial charge in [0.1, 0.15) is 5.75 Å². The van der Waals surface area contributed by atoms with Gasteiger partial charge in [-0.15, -0.1) is 0 Å². The fourth-order valence-corrected chi connectivity index (χ4v) is 1.99. The second-order valence-corrected chi connectivity index (χ2v) is 4.59. The van der Waals surface area contributed by atoms with Crippen LogP contribution in [0.4, 0.5) is 5.69 Å². The number of hydrogen-bond donors (Lipinski definition) is 1. The van der Waals surface area contributed by atoms with Crippen LogP contribution in [0, 0.1) is 0 Å². The summed E-state index contributed by atoms with van der Waals surface area (Å²) in [5, 5.41) is 0. The lowest BCUT2D eigenvalue weighted by atomic mass is 10.1. The molecule has 1 aliphatic rings. The largest absolute Gasteiger partial charge is 0.483 e. The van der Waals surface area contributed by atoms with Crippen molar-refractivity contribution in [3.05, 3.63) is 23.8 Å². The van der Waals surface area contributed by atoms with Crippen molar-refractivity contribution in [3.8, 4) is 5.75 Å². The summed E-state index contributed by atoms with van der Waals surface area (Å²) < 4.78 is 10.6. The average Bonchev–Trinajstić information content (AvgIpc) is 2.46. The molecule has 1 amide bonds. The third kappa shape index (κ3) is 3.48. The van der Waals surface area contributed by atoms with Crippen molar-refractivity contribution in [2.24, 2.45) is 0 Å². The zero-order valence-electron chi connectivity index (χ0n) is 11.4. The predicted octanol–water partition coefficient (Wildman–Crippen LogP) is 0.709. The summed E-state index contributed by atoms with van der Waals surface area (Å²) in [6.07, 6.45) is 0. The molecule has 1 heterocycles. The molecule has 108 valence electrons. The van der Waals surface area contributed by atoms with E-state index in [4.69, 9.17) is 15.2 Å². The number of nitrogen functional groups attached to an aromatic ring is 1. The number of benzene rings is 1. The van der Waals surface area contributed by atoms with E-state index in [0.717, 1.165) is 0 Å². The van der Waals surface area contributed by atoms with E-state index in [0.29, 0.717) is 43.3 Å². The molecule has 2 N–H and O–H groups in total. The van der Waals surface area contributed by atoms with Gasteiger partial charge in [0, 0.05) is 18.8 Å². The maximum Gasteiger partial charge on any atom is 0.260 e. The molecule has 1 aromatic rings. The number of ketones is 1. The highest BCUT2D eigenvalue weighted by Gasteiger charge is 2.18. The second kappa shape index (κ2) is 6.38. The Morgan fingerprint density at radius 3 is 2.70 bits per heavy atom. The monoisotopic (exact) mass is 278 g/mol. The van der Waals surface area contributed by atoms with Gasteiger partial charge in [-0.3, -0.25) is 9.59 Å². The van der Waals surface area contributed by atoms with Gasteiger partial charge in [-0.05, 0) is 25.1 Å². The van der Waals surface area contributed by atoms with E-state index in [1.54, 1.807) is 23.1 Å². The van der Waals surface area contributed by atoms with Crippen LogP contribution >= 0.6 is 0 Å². The van der Waals surface area contributed by atoms with Crippen LogP contribution in [0.25, 0.3) is 0 Å². The summed E-state index contributed by atoms with van der Waals surface area (Å²) in [6.45, 7) is 3.58. The zero-order chi connectivity index (χ0) is 14.5. The van der Waals surface area contributed by atoms with Gasteiger partial charge in [0.15, 0.2) is 12.4 Å². The molecule has 6 nitrogen and oxygen atoms in total. The number of carbonyl (C=O) groups excluding carboxylic acids is 2. The SMILES string of the molecule is CC(=O)c1cc(N)ccc1OCC(=O)N1CCOCC1. The molecule has 20 heavy (non-hydrogen) atoms. The normalized spacial score (nSPS) is 14.9. The van der Waals surface area contributed by atoms with Gasteiger partial charge in [0.2, 0.25) is 0 Å². The molecule has 0 atom stereocenters. The van der Waals surface area contributed by atoms with E-state index >= 15 is 0 Å². The molecule has 1 saturated heterocycles. The van der Waals surface area contributed by atoms with Crippen molar-refractivity contribution < 1.29 is 19.1 Å². The lowest BCUT2D eigenvalue weighted by Gasteiger charge is -2.26. The number of hydrogen-bond acceptors (Lipinski definition) is 5. The van der Waals surface area contributed by atoms with Gasteiger partial charge in [-0.25, -0.2) is 0 Å². The smallest absolute Gasteiger partial charge is 0.260 e. The van der Waals surface area contributed by atoms with Crippen molar-refractivity contribution in [1.29, 1.82) is 0 Å². The Labute approximate surface area is 117 Å². The number of ether oxygens (including phenoxy) is 2. The van der Waals surface area contributed by atoms with Crippen LogP contribution < -0.4 is 10.5 Å². The zero-order valence-corrected chi connectivity index (χ0v) is 11.4. The average molecular weight is 278 g/mol. The van der Waals surface area contributed by atoms with E-state index in [1.165, 1.54) is 6.92 Å². The third-order valence-electron chi connectivity index (χ3n) is 3.10. The van der Waals surface area contributed by atoms with Gasteiger partial charge in [0.05, 0.1) is 18.8 Å². The van der Waals surface area contributed by atoms with Gasteiger partial charge < -0.3 is 20.1 Å². The fourth-order valence-electron chi connectivity index (χ4n) is 1.99. The first-order chi connectivity index (χ1) is 9.58. The highest BCUT2D eigenvalue weighted by Crippen LogP contribution is 2.22. The molecule has 1 fully saturated rings. The third-order valence-corrected chi connectivity index (χ3v) is 3.10. The molecule has 0 bridgehead atoms. The molecule has 1 aliphatic heterocycles.